The van der Waals surface area contributed by atoms with E-state index in [1.54, 1.807) is 0 Å². The molecule has 0 amide bonds. The second kappa shape index (κ2) is 4.80. The standard InChI is InChI=1S/C12H25N/c1-8-11(10(3)4)12(5,6)13(7)9-2/h11H,3,8-9H2,1-2,4-7H3. The molecule has 1 atom stereocenters. The molecule has 0 saturated carbocycles. The molecule has 0 aromatic rings. The summed E-state index contributed by atoms with van der Waals surface area (Å²) < 4.78 is 0. The van der Waals surface area contributed by atoms with Gasteiger partial charge in [0.05, 0.1) is 0 Å². The number of hydrogen-bond donors (Lipinski definition) is 0. The molecular formula is C12H25N. The smallest absolute Gasteiger partial charge is 0.0215 e. The largest absolute Gasteiger partial charge is 0.301 e. The van der Waals surface area contributed by atoms with Gasteiger partial charge in [-0.15, -0.1) is 0 Å². The second-order valence-corrected chi connectivity index (χ2v) is 4.48. The van der Waals surface area contributed by atoms with Crippen molar-refractivity contribution in [2.24, 2.45) is 5.92 Å². The van der Waals surface area contributed by atoms with Gasteiger partial charge in [0.2, 0.25) is 0 Å². The number of nitrogens with zero attached hydrogens (tertiary/aromatic N) is 1. The van der Waals surface area contributed by atoms with Gasteiger partial charge in [-0.05, 0) is 46.7 Å². The fourth-order valence-corrected chi connectivity index (χ4v) is 2.12. The Labute approximate surface area is 83.8 Å². The minimum absolute atomic E-state index is 0.231. The fraction of sp³-hybridized carbons (Fsp3) is 0.833. The maximum atomic E-state index is 4.08. The molecule has 1 unspecified atom stereocenters. The Morgan fingerprint density at radius 2 is 1.85 bits per heavy atom. The minimum atomic E-state index is 0.231. The van der Waals surface area contributed by atoms with Crippen LogP contribution in [0.25, 0.3) is 0 Å². The molecule has 78 valence electrons. The molecule has 1 nitrogen and oxygen atoms in total. The van der Waals surface area contributed by atoms with Crippen molar-refractivity contribution in [1.29, 1.82) is 0 Å². The number of rotatable bonds is 5. The second-order valence-electron chi connectivity index (χ2n) is 4.48. The summed E-state index contributed by atoms with van der Waals surface area (Å²) in [6, 6.07) is 0. The predicted octanol–water partition coefficient (Wildman–Crippen LogP) is 3.32. The van der Waals surface area contributed by atoms with E-state index in [0.29, 0.717) is 5.92 Å². The summed E-state index contributed by atoms with van der Waals surface area (Å²) in [7, 11) is 2.19. The third-order valence-corrected chi connectivity index (χ3v) is 3.31. The first kappa shape index (κ1) is 12.7. The fourth-order valence-electron chi connectivity index (χ4n) is 2.12. The van der Waals surface area contributed by atoms with E-state index in [4.69, 9.17) is 0 Å². The van der Waals surface area contributed by atoms with Crippen molar-refractivity contribution in [3.63, 3.8) is 0 Å². The third kappa shape index (κ3) is 2.84. The molecule has 0 aliphatic carbocycles. The van der Waals surface area contributed by atoms with Crippen molar-refractivity contribution >= 4 is 0 Å². The van der Waals surface area contributed by atoms with E-state index in [0.717, 1.165) is 6.54 Å². The summed E-state index contributed by atoms with van der Waals surface area (Å²) in [5, 5.41) is 0. The molecule has 0 N–H and O–H groups in total. The molecule has 0 aromatic heterocycles. The van der Waals surface area contributed by atoms with Crippen LogP contribution >= 0.6 is 0 Å². The van der Waals surface area contributed by atoms with E-state index < -0.39 is 0 Å². The summed E-state index contributed by atoms with van der Waals surface area (Å²) in [5.74, 6) is 0.595. The summed E-state index contributed by atoms with van der Waals surface area (Å²) in [5.41, 5.74) is 1.53. The highest BCUT2D eigenvalue weighted by Crippen LogP contribution is 2.30. The van der Waals surface area contributed by atoms with Crippen LogP contribution in [-0.4, -0.2) is 24.0 Å². The average molecular weight is 183 g/mol. The van der Waals surface area contributed by atoms with Gasteiger partial charge >= 0.3 is 0 Å². The van der Waals surface area contributed by atoms with Gasteiger partial charge in [0, 0.05) is 5.54 Å². The molecule has 0 spiro atoms. The Hall–Kier alpha value is -0.300. The van der Waals surface area contributed by atoms with Gasteiger partial charge in [0.15, 0.2) is 0 Å². The normalized spacial score (nSPS) is 14.7. The molecule has 0 saturated heterocycles. The highest BCUT2D eigenvalue weighted by Gasteiger charge is 2.31. The first-order valence-electron chi connectivity index (χ1n) is 5.24. The van der Waals surface area contributed by atoms with Gasteiger partial charge in [-0.2, -0.15) is 0 Å². The summed E-state index contributed by atoms with van der Waals surface area (Å²) >= 11 is 0. The maximum absolute atomic E-state index is 4.08. The predicted molar refractivity (Wildman–Crippen MR) is 61.0 cm³/mol. The lowest BCUT2D eigenvalue weighted by Crippen LogP contribution is -2.47. The highest BCUT2D eigenvalue weighted by molar-refractivity contribution is 5.05. The summed E-state index contributed by atoms with van der Waals surface area (Å²) in [4.78, 5) is 2.40. The monoisotopic (exact) mass is 183 g/mol. The molecule has 0 radical (unpaired) electrons. The van der Waals surface area contributed by atoms with Gasteiger partial charge in [-0.1, -0.05) is 26.0 Å². The first-order chi connectivity index (χ1) is 5.87. The van der Waals surface area contributed by atoms with Crippen LogP contribution in [0.4, 0.5) is 0 Å². The van der Waals surface area contributed by atoms with Crippen molar-refractivity contribution in [3.05, 3.63) is 12.2 Å². The van der Waals surface area contributed by atoms with Crippen LogP contribution in [0.1, 0.15) is 41.0 Å². The number of hydrogen-bond acceptors (Lipinski definition) is 1. The first-order valence-corrected chi connectivity index (χ1v) is 5.24. The zero-order chi connectivity index (χ0) is 10.6. The lowest BCUT2D eigenvalue weighted by atomic mass is 9.80. The average Bonchev–Trinajstić information content (AvgIpc) is 2.02. The van der Waals surface area contributed by atoms with Crippen LogP contribution in [0, 0.1) is 5.92 Å². The van der Waals surface area contributed by atoms with Crippen LogP contribution in [0.2, 0.25) is 0 Å². The molecule has 0 fully saturated rings. The van der Waals surface area contributed by atoms with E-state index >= 15 is 0 Å². The van der Waals surface area contributed by atoms with Crippen LogP contribution in [0.5, 0.6) is 0 Å². The zero-order valence-corrected chi connectivity index (χ0v) is 10.1. The summed E-state index contributed by atoms with van der Waals surface area (Å²) in [6.07, 6.45) is 1.17. The van der Waals surface area contributed by atoms with Gasteiger partial charge in [0.25, 0.3) is 0 Å². The SMILES string of the molecule is C=C(C)C(CC)C(C)(C)N(C)CC. The third-order valence-electron chi connectivity index (χ3n) is 3.31. The van der Waals surface area contributed by atoms with E-state index in [1.807, 2.05) is 0 Å². The van der Waals surface area contributed by atoms with Crippen LogP contribution in [-0.2, 0) is 0 Å². The molecule has 0 rings (SSSR count). The van der Waals surface area contributed by atoms with Crippen molar-refractivity contribution in [2.45, 2.75) is 46.6 Å². The van der Waals surface area contributed by atoms with Crippen LogP contribution < -0.4 is 0 Å². The molecular weight excluding hydrogens is 158 g/mol. The van der Waals surface area contributed by atoms with Gasteiger partial charge in [0.1, 0.15) is 0 Å². The Morgan fingerprint density at radius 1 is 1.38 bits per heavy atom. The van der Waals surface area contributed by atoms with Crippen molar-refractivity contribution in [3.8, 4) is 0 Å². The Balaban J connectivity index is 4.65. The lowest BCUT2D eigenvalue weighted by molar-refractivity contribution is 0.109. The Bertz CT molecular complexity index is 170. The van der Waals surface area contributed by atoms with Crippen LogP contribution in [0.3, 0.4) is 0 Å². The highest BCUT2D eigenvalue weighted by atomic mass is 15.2. The maximum Gasteiger partial charge on any atom is 0.0215 e. The molecule has 0 heterocycles. The van der Waals surface area contributed by atoms with Crippen molar-refractivity contribution in [1.82, 2.24) is 4.90 Å². The molecule has 0 bridgehead atoms. The lowest BCUT2D eigenvalue weighted by Gasteiger charge is -2.42. The van der Waals surface area contributed by atoms with E-state index in [2.05, 4.69) is 53.1 Å². The van der Waals surface area contributed by atoms with Gasteiger partial charge < -0.3 is 4.90 Å². The van der Waals surface area contributed by atoms with Crippen molar-refractivity contribution in [2.75, 3.05) is 13.6 Å². The molecule has 0 aliphatic rings. The van der Waals surface area contributed by atoms with E-state index in [9.17, 15) is 0 Å². The van der Waals surface area contributed by atoms with E-state index in [1.165, 1.54) is 12.0 Å². The Morgan fingerprint density at radius 3 is 2.08 bits per heavy atom. The zero-order valence-electron chi connectivity index (χ0n) is 10.1. The summed E-state index contributed by atoms with van der Waals surface area (Å²) in [6.45, 7) is 16.4. The topological polar surface area (TPSA) is 3.24 Å². The minimum Gasteiger partial charge on any atom is -0.301 e. The molecule has 13 heavy (non-hydrogen) atoms. The van der Waals surface area contributed by atoms with Gasteiger partial charge in [-0.3, -0.25) is 0 Å². The Kier molecular flexibility index (Phi) is 4.69. The van der Waals surface area contributed by atoms with Crippen LogP contribution in [0.15, 0.2) is 12.2 Å². The molecule has 0 aliphatic heterocycles. The molecule has 0 aromatic carbocycles. The molecule has 1 heteroatoms. The quantitative estimate of drug-likeness (QED) is 0.591. The van der Waals surface area contributed by atoms with Gasteiger partial charge in [-0.25, -0.2) is 0 Å². The van der Waals surface area contributed by atoms with Crippen molar-refractivity contribution < 1.29 is 0 Å². The van der Waals surface area contributed by atoms with E-state index in [-0.39, 0.29) is 5.54 Å².